The maximum Gasteiger partial charge on any atom is 0.233 e. The predicted molar refractivity (Wildman–Crippen MR) is 85.6 cm³/mol. The lowest BCUT2D eigenvalue weighted by atomic mass is 9.49. The Kier molecular flexibility index (Phi) is 2.91. The first-order valence-electron chi connectivity index (χ1n) is 8.02. The highest BCUT2D eigenvalue weighted by Gasteiger charge is 2.60. The monoisotopic (exact) mass is 303 g/mol. The molecule has 0 spiro atoms. The van der Waals surface area contributed by atoms with Gasteiger partial charge in [0.25, 0.3) is 0 Å². The molecule has 1 aromatic rings. The molecule has 2 unspecified atom stereocenters. The maximum absolute atomic E-state index is 13.2. The lowest BCUT2D eigenvalue weighted by Crippen LogP contribution is -2.58. The summed E-state index contributed by atoms with van der Waals surface area (Å²) in [5.41, 5.74) is 0.790. The van der Waals surface area contributed by atoms with Crippen molar-refractivity contribution in [2.45, 2.75) is 43.4 Å². The van der Waals surface area contributed by atoms with Gasteiger partial charge in [-0.05, 0) is 62.5 Å². The van der Waals surface area contributed by atoms with Crippen LogP contribution >= 0.6 is 11.6 Å². The topological polar surface area (TPSA) is 20.3 Å². The standard InChI is InChI=1S/C18H22ClNO/c1-20(15-5-3-2-4-6-15)16(21)17-8-13-7-14(9-17)11-18(19,10-13)12-17/h2-6,13-14H,7-12H2,1H3. The lowest BCUT2D eigenvalue weighted by molar-refractivity contribution is -0.141. The molecule has 0 saturated heterocycles. The molecule has 2 atom stereocenters. The summed E-state index contributed by atoms with van der Waals surface area (Å²) >= 11 is 6.84. The minimum absolute atomic E-state index is 0.0999. The second kappa shape index (κ2) is 4.49. The lowest BCUT2D eigenvalue weighted by Gasteiger charge is -2.59. The summed E-state index contributed by atoms with van der Waals surface area (Å²) in [5, 5.41) is 0. The Morgan fingerprint density at radius 2 is 1.76 bits per heavy atom. The number of hydrogen-bond acceptors (Lipinski definition) is 1. The number of carbonyl (C=O) groups is 1. The van der Waals surface area contributed by atoms with Gasteiger partial charge in [-0.2, -0.15) is 0 Å². The van der Waals surface area contributed by atoms with Crippen molar-refractivity contribution < 1.29 is 4.79 Å². The molecule has 4 fully saturated rings. The number of alkyl halides is 1. The Morgan fingerprint density at radius 3 is 2.33 bits per heavy atom. The zero-order chi connectivity index (χ0) is 14.7. The van der Waals surface area contributed by atoms with E-state index >= 15 is 0 Å². The molecule has 3 heteroatoms. The third kappa shape index (κ3) is 2.11. The summed E-state index contributed by atoms with van der Waals surface area (Å²) in [5.74, 6) is 1.61. The Hall–Kier alpha value is -1.02. The molecule has 4 aliphatic carbocycles. The van der Waals surface area contributed by atoms with Gasteiger partial charge in [-0.3, -0.25) is 4.79 Å². The predicted octanol–water partition coefficient (Wildman–Crippen LogP) is 4.23. The molecule has 0 N–H and O–H groups in total. The van der Waals surface area contributed by atoms with Gasteiger partial charge in [-0.1, -0.05) is 18.2 Å². The Balaban J connectivity index is 1.65. The number of benzene rings is 1. The Bertz CT molecular complexity index is 556. The number of anilines is 1. The molecule has 112 valence electrons. The van der Waals surface area contributed by atoms with Crippen LogP contribution in [0.4, 0.5) is 5.69 Å². The van der Waals surface area contributed by atoms with Crippen LogP contribution in [0.15, 0.2) is 30.3 Å². The molecule has 0 aromatic heterocycles. The van der Waals surface area contributed by atoms with Crippen LogP contribution in [0.2, 0.25) is 0 Å². The van der Waals surface area contributed by atoms with E-state index in [9.17, 15) is 4.79 Å². The van der Waals surface area contributed by atoms with Gasteiger partial charge >= 0.3 is 0 Å². The number of nitrogens with zero attached hydrogens (tertiary/aromatic N) is 1. The fourth-order valence-electron chi connectivity index (χ4n) is 5.53. The van der Waals surface area contributed by atoms with Crippen molar-refractivity contribution in [2.24, 2.45) is 17.3 Å². The van der Waals surface area contributed by atoms with Gasteiger partial charge in [0.05, 0.1) is 5.41 Å². The molecular weight excluding hydrogens is 282 g/mol. The van der Waals surface area contributed by atoms with Crippen LogP contribution in [-0.4, -0.2) is 17.8 Å². The van der Waals surface area contributed by atoms with Crippen LogP contribution in [0.3, 0.4) is 0 Å². The molecule has 4 bridgehead atoms. The van der Waals surface area contributed by atoms with Crippen LogP contribution in [0.1, 0.15) is 38.5 Å². The first kappa shape index (κ1) is 13.6. The minimum Gasteiger partial charge on any atom is -0.315 e. The van der Waals surface area contributed by atoms with Crippen molar-refractivity contribution in [3.8, 4) is 0 Å². The first-order chi connectivity index (χ1) is 10.00. The van der Waals surface area contributed by atoms with Crippen LogP contribution < -0.4 is 4.90 Å². The minimum atomic E-state index is -0.198. The van der Waals surface area contributed by atoms with Gasteiger partial charge in [0.1, 0.15) is 0 Å². The van der Waals surface area contributed by atoms with Crippen molar-refractivity contribution in [2.75, 3.05) is 11.9 Å². The molecule has 4 saturated carbocycles. The average Bonchev–Trinajstić information content (AvgIpc) is 2.44. The van der Waals surface area contributed by atoms with Gasteiger partial charge in [-0.15, -0.1) is 11.6 Å². The van der Waals surface area contributed by atoms with E-state index in [1.54, 1.807) is 0 Å². The molecule has 21 heavy (non-hydrogen) atoms. The maximum atomic E-state index is 13.2. The summed E-state index contributed by atoms with van der Waals surface area (Å²) < 4.78 is 0. The molecule has 2 nitrogen and oxygen atoms in total. The highest BCUT2D eigenvalue weighted by Crippen LogP contribution is 2.64. The fraction of sp³-hybridized carbons (Fsp3) is 0.611. The quantitative estimate of drug-likeness (QED) is 0.749. The number of halogens is 1. The van der Waals surface area contributed by atoms with Crippen molar-refractivity contribution in [3.05, 3.63) is 30.3 Å². The summed E-state index contributed by atoms with van der Waals surface area (Å²) in [4.78, 5) is 15.0. The SMILES string of the molecule is CN(C(=O)C12CC3CC(CC(Cl)(C3)C1)C2)c1ccccc1. The average molecular weight is 304 g/mol. The van der Waals surface area contributed by atoms with E-state index in [1.165, 1.54) is 6.42 Å². The normalized spacial score (nSPS) is 40.3. The molecule has 0 heterocycles. The second-order valence-corrected chi connectivity index (χ2v) is 8.39. The summed E-state index contributed by atoms with van der Waals surface area (Å²) in [6.45, 7) is 0. The zero-order valence-corrected chi connectivity index (χ0v) is 13.3. The van der Waals surface area contributed by atoms with Crippen molar-refractivity contribution >= 4 is 23.2 Å². The fourth-order valence-corrected chi connectivity index (χ4v) is 6.22. The van der Waals surface area contributed by atoms with Gasteiger partial charge in [0.15, 0.2) is 0 Å². The van der Waals surface area contributed by atoms with E-state index in [0.29, 0.717) is 11.8 Å². The van der Waals surface area contributed by atoms with Gasteiger partial charge in [0.2, 0.25) is 5.91 Å². The number of rotatable bonds is 2. The number of amides is 1. The molecule has 0 radical (unpaired) electrons. The molecule has 0 aliphatic heterocycles. The first-order valence-corrected chi connectivity index (χ1v) is 8.40. The van der Waals surface area contributed by atoms with Crippen LogP contribution in [-0.2, 0) is 4.79 Å². The number of carbonyl (C=O) groups excluding carboxylic acids is 1. The second-order valence-electron chi connectivity index (χ2n) is 7.59. The number of hydrogen-bond donors (Lipinski definition) is 0. The van der Waals surface area contributed by atoms with Crippen molar-refractivity contribution in [1.82, 2.24) is 0 Å². The smallest absolute Gasteiger partial charge is 0.233 e. The number of para-hydroxylation sites is 1. The Labute approximate surface area is 131 Å². The highest BCUT2D eigenvalue weighted by atomic mass is 35.5. The highest BCUT2D eigenvalue weighted by molar-refractivity contribution is 6.24. The molecule has 4 aliphatic rings. The van der Waals surface area contributed by atoms with E-state index in [0.717, 1.165) is 37.8 Å². The van der Waals surface area contributed by atoms with Crippen LogP contribution in [0, 0.1) is 17.3 Å². The molecule has 1 aromatic carbocycles. The van der Waals surface area contributed by atoms with E-state index in [4.69, 9.17) is 11.6 Å². The van der Waals surface area contributed by atoms with E-state index in [-0.39, 0.29) is 16.2 Å². The molecule has 1 amide bonds. The summed E-state index contributed by atoms with van der Waals surface area (Å²) in [7, 11) is 1.91. The van der Waals surface area contributed by atoms with Gasteiger partial charge in [-0.25, -0.2) is 0 Å². The van der Waals surface area contributed by atoms with Crippen molar-refractivity contribution in [3.63, 3.8) is 0 Å². The zero-order valence-electron chi connectivity index (χ0n) is 12.5. The van der Waals surface area contributed by atoms with Crippen LogP contribution in [0.5, 0.6) is 0 Å². The molecular formula is C18H22ClNO. The van der Waals surface area contributed by atoms with E-state index < -0.39 is 0 Å². The Morgan fingerprint density at radius 1 is 1.14 bits per heavy atom. The third-order valence-corrected chi connectivity index (χ3v) is 6.33. The van der Waals surface area contributed by atoms with Gasteiger partial charge < -0.3 is 4.90 Å². The van der Waals surface area contributed by atoms with Crippen molar-refractivity contribution in [1.29, 1.82) is 0 Å². The summed E-state index contributed by atoms with van der Waals surface area (Å²) in [6, 6.07) is 9.98. The molecule has 5 rings (SSSR count). The van der Waals surface area contributed by atoms with Crippen LogP contribution in [0.25, 0.3) is 0 Å². The third-order valence-electron chi connectivity index (χ3n) is 5.89. The summed E-state index contributed by atoms with van der Waals surface area (Å²) in [6.07, 6.45) is 6.51. The largest absolute Gasteiger partial charge is 0.315 e. The van der Waals surface area contributed by atoms with E-state index in [1.807, 2.05) is 42.3 Å². The van der Waals surface area contributed by atoms with Gasteiger partial charge in [0, 0.05) is 17.6 Å². The van der Waals surface area contributed by atoms with E-state index in [2.05, 4.69) is 0 Å².